The number of hydrogen-bond acceptors (Lipinski definition) is 3. The zero-order chi connectivity index (χ0) is 12.7. The van der Waals surface area contributed by atoms with Gasteiger partial charge >= 0.3 is 5.97 Å². The van der Waals surface area contributed by atoms with Crippen molar-refractivity contribution in [1.29, 1.82) is 0 Å². The zero-order valence-electron chi connectivity index (χ0n) is 10.9. The molecule has 0 bridgehead atoms. The first-order valence-electron chi connectivity index (χ1n) is 6.14. The van der Waals surface area contributed by atoms with Crippen LogP contribution in [0.3, 0.4) is 0 Å². The van der Waals surface area contributed by atoms with Crippen LogP contribution in [0.4, 0.5) is 0 Å². The van der Waals surface area contributed by atoms with E-state index in [1.807, 2.05) is 6.07 Å². The summed E-state index contributed by atoms with van der Waals surface area (Å²) in [4.78, 5) is 11.0. The minimum atomic E-state index is -0.140. The molecule has 4 nitrogen and oxygen atoms in total. The van der Waals surface area contributed by atoms with Crippen LogP contribution in [0.5, 0.6) is 0 Å². The minimum absolute atomic E-state index is 0.140. The topological polar surface area (TPSA) is 43.3 Å². The third kappa shape index (κ3) is 4.23. The Balaban J connectivity index is 2.48. The van der Waals surface area contributed by atoms with Gasteiger partial charge in [0.1, 0.15) is 0 Å². The molecule has 0 saturated heterocycles. The van der Waals surface area contributed by atoms with Crippen molar-refractivity contribution < 1.29 is 9.53 Å². The van der Waals surface area contributed by atoms with Gasteiger partial charge in [-0.25, -0.2) is 0 Å². The number of carbonyl (C=O) groups is 1. The van der Waals surface area contributed by atoms with Crippen LogP contribution in [0.1, 0.15) is 38.4 Å². The molecule has 0 aliphatic heterocycles. The van der Waals surface area contributed by atoms with Crippen LogP contribution in [-0.2, 0) is 16.1 Å². The third-order valence-electron chi connectivity index (χ3n) is 2.83. The maximum Gasteiger partial charge on any atom is 0.305 e. The summed E-state index contributed by atoms with van der Waals surface area (Å²) in [5, 5.41) is 3.39. The van der Waals surface area contributed by atoms with Gasteiger partial charge in [-0.05, 0) is 32.0 Å². The van der Waals surface area contributed by atoms with Crippen LogP contribution in [0, 0.1) is 0 Å². The van der Waals surface area contributed by atoms with Crippen LogP contribution in [0.2, 0.25) is 0 Å². The number of methoxy groups -OCH3 is 1. The first-order chi connectivity index (χ1) is 8.19. The van der Waals surface area contributed by atoms with Crippen molar-refractivity contribution in [2.75, 3.05) is 13.7 Å². The van der Waals surface area contributed by atoms with Gasteiger partial charge in [-0.15, -0.1) is 0 Å². The molecule has 1 heterocycles. The van der Waals surface area contributed by atoms with Crippen molar-refractivity contribution in [2.24, 2.45) is 0 Å². The van der Waals surface area contributed by atoms with Gasteiger partial charge in [-0.2, -0.15) is 0 Å². The lowest BCUT2D eigenvalue weighted by atomic mass is 10.2. The number of rotatable bonds is 7. The molecule has 96 valence electrons. The van der Waals surface area contributed by atoms with Crippen LogP contribution in [0.15, 0.2) is 18.3 Å². The molecule has 0 fully saturated rings. The highest BCUT2D eigenvalue weighted by Gasteiger charge is 2.09. The summed E-state index contributed by atoms with van der Waals surface area (Å²) in [6.07, 6.45) is 3.34. The smallest absolute Gasteiger partial charge is 0.305 e. The Morgan fingerprint density at radius 3 is 3.00 bits per heavy atom. The monoisotopic (exact) mass is 238 g/mol. The molecule has 1 unspecified atom stereocenters. The second-order valence-electron chi connectivity index (χ2n) is 4.09. The van der Waals surface area contributed by atoms with Crippen LogP contribution in [0.25, 0.3) is 0 Å². The lowest BCUT2D eigenvalue weighted by Gasteiger charge is -2.16. The van der Waals surface area contributed by atoms with Gasteiger partial charge in [0.2, 0.25) is 0 Å². The fourth-order valence-corrected chi connectivity index (χ4v) is 1.93. The zero-order valence-corrected chi connectivity index (χ0v) is 10.9. The van der Waals surface area contributed by atoms with Crippen LogP contribution >= 0.6 is 0 Å². The Bertz CT molecular complexity index is 347. The lowest BCUT2D eigenvalue weighted by Crippen LogP contribution is -2.20. The van der Waals surface area contributed by atoms with Crippen LogP contribution < -0.4 is 5.32 Å². The quantitative estimate of drug-likeness (QED) is 0.740. The van der Waals surface area contributed by atoms with Crippen molar-refractivity contribution in [1.82, 2.24) is 9.88 Å². The van der Waals surface area contributed by atoms with Gasteiger partial charge in [-0.3, -0.25) is 4.79 Å². The Hall–Kier alpha value is -1.29. The maximum absolute atomic E-state index is 11.0. The lowest BCUT2D eigenvalue weighted by molar-refractivity contribution is -0.140. The number of aromatic nitrogens is 1. The number of aryl methyl sites for hydroxylation is 1. The molecule has 1 aromatic rings. The largest absolute Gasteiger partial charge is 0.469 e. The number of carbonyl (C=O) groups excluding carboxylic acids is 1. The molecule has 4 heteroatoms. The van der Waals surface area contributed by atoms with Crippen molar-refractivity contribution in [2.45, 2.75) is 39.3 Å². The van der Waals surface area contributed by atoms with Crippen molar-refractivity contribution in [3.63, 3.8) is 0 Å². The first-order valence-corrected chi connectivity index (χ1v) is 6.14. The second-order valence-corrected chi connectivity index (χ2v) is 4.09. The van der Waals surface area contributed by atoms with Crippen molar-refractivity contribution in [3.05, 3.63) is 24.0 Å². The summed E-state index contributed by atoms with van der Waals surface area (Å²) < 4.78 is 6.82. The van der Waals surface area contributed by atoms with E-state index >= 15 is 0 Å². The highest BCUT2D eigenvalue weighted by molar-refractivity contribution is 5.68. The van der Waals surface area contributed by atoms with E-state index in [-0.39, 0.29) is 5.97 Å². The standard InChI is InChI=1S/C13H22N2O2/c1-4-14-11(2)12-7-5-9-15(12)10-6-8-13(16)17-3/h5,7,9,11,14H,4,6,8,10H2,1-3H3. The Kier molecular flexibility index (Phi) is 5.77. The SMILES string of the molecule is CCNC(C)c1cccn1CCCC(=O)OC. The Morgan fingerprint density at radius 1 is 1.59 bits per heavy atom. The number of nitrogens with zero attached hydrogens (tertiary/aromatic N) is 1. The summed E-state index contributed by atoms with van der Waals surface area (Å²) in [6.45, 7) is 6.05. The molecule has 0 spiro atoms. The van der Waals surface area contributed by atoms with Gasteiger partial charge < -0.3 is 14.6 Å². The molecule has 0 aromatic carbocycles. The Labute approximate surface area is 103 Å². The predicted molar refractivity (Wildman–Crippen MR) is 67.8 cm³/mol. The summed E-state index contributed by atoms with van der Waals surface area (Å²) in [6, 6.07) is 4.50. The second kappa shape index (κ2) is 7.12. The van der Waals surface area contributed by atoms with Gasteiger partial charge in [0.15, 0.2) is 0 Å². The summed E-state index contributed by atoms with van der Waals surface area (Å²) >= 11 is 0. The normalized spacial score (nSPS) is 12.4. The first kappa shape index (κ1) is 13.8. The molecular weight excluding hydrogens is 216 g/mol. The summed E-state index contributed by atoms with van der Waals surface area (Å²) in [7, 11) is 1.43. The summed E-state index contributed by atoms with van der Waals surface area (Å²) in [5.74, 6) is -0.140. The van der Waals surface area contributed by atoms with Crippen LogP contribution in [-0.4, -0.2) is 24.2 Å². The molecular formula is C13H22N2O2. The van der Waals surface area contributed by atoms with E-state index < -0.39 is 0 Å². The van der Waals surface area contributed by atoms with E-state index in [0.29, 0.717) is 12.5 Å². The maximum atomic E-state index is 11.0. The van der Waals surface area contributed by atoms with Gasteiger partial charge in [0.05, 0.1) is 7.11 Å². The molecule has 0 aliphatic carbocycles. The number of nitrogens with one attached hydrogen (secondary N) is 1. The van der Waals surface area contributed by atoms with E-state index in [1.54, 1.807) is 0 Å². The molecule has 0 radical (unpaired) electrons. The Morgan fingerprint density at radius 2 is 2.35 bits per heavy atom. The average molecular weight is 238 g/mol. The van der Waals surface area contributed by atoms with E-state index in [2.05, 4.69) is 40.7 Å². The average Bonchev–Trinajstić information content (AvgIpc) is 2.77. The van der Waals surface area contributed by atoms with Gasteiger partial charge in [-0.1, -0.05) is 6.92 Å². The molecule has 1 atom stereocenters. The number of ether oxygens (including phenoxy) is 1. The molecule has 1 aromatic heterocycles. The highest BCUT2D eigenvalue weighted by atomic mass is 16.5. The van der Waals surface area contributed by atoms with Gasteiger partial charge in [0, 0.05) is 30.9 Å². The fourth-order valence-electron chi connectivity index (χ4n) is 1.93. The van der Waals surface area contributed by atoms with Gasteiger partial charge in [0.25, 0.3) is 0 Å². The van der Waals surface area contributed by atoms with E-state index in [1.165, 1.54) is 12.8 Å². The number of esters is 1. The molecule has 0 saturated carbocycles. The third-order valence-corrected chi connectivity index (χ3v) is 2.83. The minimum Gasteiger partial charge on any atom is -0.469 e. The molecule has 1 rings (SSSR count). The van der Waals surface area contributed by atoms with Crippen molar-refractivity contribution >= 4 is 5.97 Å². The molecule has 0 aliphatic rings. The predicted octanol–water partition coefficient (Wildman–Crippen LogP) is 2.11. The van der Waals surface area contributed by atoms with E-state index in [9.17, 15) is 4.79 Å². The highest BCUT2D eigenvalue weighted by Crippen LogP contribution is 2.14. The molecule has 0 amide bonds. The van der Waals surface area contributed by atoms with Crippen molar-refractivity contribution in [3.8, 4) is 0 Å². The fraction of sp³-hybridized carbons (Fsp3) is 0.615. The van der Waals surface area contributed by atoms with E-state index in [0.717, 1.165) is 19.5 Å². The summed E-state index contributed by atoms with van der Waals surface area (Å²) in [5.41, 5.74) is 1.26. The molecule has 17 heavy (non-hydrogen) atoms. The van der Waals surface area contributed by atoms with E-state index in [4.69, 9.17) is 0 Å². The number of hydrogen-bond donors (Lipinski definition) is 1. The molecule has 1 N–H and O–H groups in total.